The van der Waals surface area contributed by atoms with Crippen LogP contribution in [0.2, 0.25) is 0 Å². The number of rotatable bonds is 1. The summed E-state index contributed by atoms with van der Waals surface area (Å²) in [6.45, 7) is 0.656. The lowest BCUT2D eigenvalue weighted by atomic mass is 10.0. The Morgan fingerprint density at radius 2 is 2.10 bits per heavy atom. The predicted molar refractivity (Wildman–Crippen MR) is 78.1 cm³/mol. The quantitative estimate of drug-likeness (QED) is 0.860. The van der Waals surface area contributed by atoms with Crippen molar-refractivity contribution < 1.29 is 14.7 Å². The van der Waals surface area contributed by atoms with Gasteiger partial charge in [-0.2, -0.15) is 0 Å². The van der Waals surface area contributed by atoms with Gasteiger partial charge in [-0.05, 0) is 24.5 Å². The van der Waals surface area contributed by atoms with Crippen LogP contribution in [-0.2, 0) is 11.2 Å². The molecule has 2 amide bonds. The van der Waals surface area contributed by atoms with E-state index in [2.05, 4.69) is 0 Å². The Bertz CT molecular complexity index is 549. The van der Waals surface area contributed by atoms with Gasteiger partial charge in [0.05, 0.1) is 5.88 Å². The summed E-state index contributed by atoms with van der Waals surface area (Å²) in [6, 6.07) is 6.96. The first kappa shape index (κ1) is 13.3. The van der Waals surface area contributed by atoms with Gasteiger partial charge in [0.2, 0.25) is 0 Å². The molecule has 0 aliphatic carbocycles. The first-order chi connectivity index (χ1) is 9.68. The number of carboxylic acids is 1. The van der Waals surface area contributed by atoms with Crippen LogP contribution in [0.25, 0.3) is 0 Å². The zero-order valence-corrected chi connectivity index (χ0v) is 11.8. The van der Waals surface area contributed by atoms with Crippen molar-refractivity contribution in [2.45, 2.75) is 18.9 Å². The van der Waals surface area contributed by atoms with Crippen LogP contribution in [0.4, 0.5) is 10.5 Å². The highest BCUT2D eigenvalue weighted by Crippen LogP contribution is 2.30. The molecule has 6 heteroatoms. The van der Waals surface area contributed by atoms with E-state index in [0.29, 0.717) is 18.2 Å². The molecule has 0 saturated carbocycles. The molecule has 1 fully saturated rings. The normalized spacial score (nSPS) is 21.7. The second-order valence-electron chi connectivity index (χ2n) is 4.99. The number of fused-ring (bicyclic) bond motifs is 1. The number of amides is 2. The van der Waals surface area contributed by atoms with Gasteiger partial charge in [-0.15, -0.1) is 11.8 Å². The van der Waals surface area contributed by atoms with Gasteiger partial charge in [0, 0.05) is 18.0 Å². The second kappa shape index (κ2) is 5.36. The van der Waals surface area contributed by atoms with Crippen LogP contribution < -0.4 is 4.90 Å². The van der Waals surface area contributed by atoms with Crippen molar-refractivity contribution >= 4 is 29.4 Å². The van der Waals surface area contributed by atoms with Crippen LogP contribution >= 0.6 is 11.8 Å². The van der Waals surface area contributed by atoms with Gasteiger partial charge in [0.15, 0.2) is 0 Å². The lowest BCUT2D eigenvalue weighted by molar-refractivity contribution is -0.140. The van der Waals surface area contributed by atoms with Crippen molar-refractivity contribution in [3.8, 4) is 0 Å². The number of urea groups is 1. The van der Waals surface area contributed by atoms with Crippen LogP contribution in [0.5, 0.6) is 0 Å². The SMILES string of the molecule is O=C(O)C1CSCN1C(=O)N1CCCc2ccccc21. The van der Waals surface area contributed by atoms with Gasteiger partial charge in [-0.3, -0.25) is 4.90 Å². The first-order valence-corrected chi connectivity index (χ1v) is 7.80. The third kappa shape index (κ3) is 2.24. The van der Waals surface area contributed by atoms with Crippen molar-refractivity contribution in [2.24, 2.45) is 0 Å². The molecule has 1 aromatic rings. The molecule has 1 unspecified atom stereocenters. The van der Waals surface area contributed by atoms with E-state index in [1.165, 1.54) is 16.7 Å². The smallest absolute Gasteiger partial charge is 0.327 e. The lowest BCUT2D eigenvalue weighted by Crippen LogP contribution is -2.50. The molecule has 20 heavy (non-hydrogen) atoms. The van der Waals surface area contributed by atoms with Gasteiger partial charge in [0.25, 0.3) is 0 Å². The Morgan fingerprint density at radius 3 is 2.90 bits per heavy atom. The molecule has 0 spiro atoms. The molecule has 2 aliphatic heterocycles. The minimum absolute atomic E-state index is 0.186. The number of carbonyl (C=O) groups excluding carboxylic acids is 1. The molecule has 0 radical (unpaired) electrons. The number of thioether (sulfide) groups is 1. The minimum Gasteiger partial charge on any atom is -0.480 e. The lowest BCUT2D eigenvalue weighted by Gasteiger charge is -2.33. The molecule has 2 heterocycles. The topological polar surface area (TPSA) is 60.9 Å². The molecular weight excluding hydrogens is 276 g/mol. The zero-order chi connectivity index (χ0) is 14.1. The largest absolute Gasteiger partial charge is 0.480 e. The number of carboxylic acid groups (broad SMARTS) is 1. The third-order valence-corrected chi connectivity index (χ3v) is 4.77. The summed E-state index contributed by atoms with van der Waals surface area (Å²) >= 11 is 1.49. The number of nitrogens with zero attached hydrogens (tertiary/aromatic N) is 2. The summed E-state index contributed by atoms with van der Waals surface area (Å²) < 4.78 is 0. The fourth-order valence-corrected chi connectivity index (χ4v) is 3.86. The number of hydrogen-bond acceptors (Lipinski definition) is 3. The monoisotopic (exact) mass is 292 g/mol. The summed E-state index contributed by atoms with van der Waals surface area (Å²) in [5.41, 5.74) is 2.08. The minimum atomic E-state index is -0.923. The highest BCUT2D eigenvalue weighted by Gasteiger charge is 2.38. The summed E-state index contributed by atoms with van der Waals surface area (Å²) in [4.78, 5) is 27.1. The number of benzene rings is 1. The second-order valence-corrected chi connectivity index (χ2v) is 5.99. The molecule has 1 aromatic carbocycles. The van der Waals surface area contributed by atoms with E-state index < -0.39 is 12.0 Å². The van der Waals surface area contributed by atoms with Crippen molar-refractivity contribution in [1.29, 1.82) is 0 Å². The van der Waals surface area contributed by atoms with Crippen LogP contribution in [-0.4, -0.2) is 46.2 Å². The zero-order valence-electron chi connectivity index (χ0n) is 11.0. The van der Waals surface area contributed by atoms with E-state index in [4.69, 9.17) is 0 Å². The number of carbonyl (C=O) groups is 2. The van der Waals surface area contributed by atoms with Crippen LogP contribution in [0, 0.1) is 0 Å². The average molecular weight is 292 g/mol. The van der Waals surface area contributed by atoms with E-state index in [9.17, 15) is 14.7 Å². The Hall–Kier alpha value is -1.69. The third-order valence-electron chi connectivity index (χ3n) is 3.75. The van der Waals surface area contributed by atoms with Crippen LogP contribution in [0.3, 0.4) is 0 Å². The van der Waals surface area contributed by atoms with Gasteiger partial charge in [-0.25, -0.2) is 9.59 Å². The number of para-hydroxylation sites is 1. The van der Waals surface area contributed by atoms with Gasteiger partial charge < -0.3 is 10.0 Å². The molecule has 0 bridgehead atoms. The molecule has 3 rings (SSSR count). The molecular formula is C14H16N2O3S. The van der Waals surface area contributed by atoms with Gasteiger partial charge in [-0.1, -0.05) is 18.2 Å². The van der Waals surface area contributed by atoms with Crippen molar-refractivity contribution in [1.82, 2.24) is 4.90 Å². The van der Waals surface area contributed by atoms with E-state index in [-0.39, 0.29) is 6.03 Å². The predicted octanol–water partition coefficient (Wildman–Crippen LogP) is 2.02. The standard InChI is InChI=1S/C14H16N2O3S/c17-13(18)12-8-20-9-16(12)14(19)15-7-3-5-10-4-1-2-6-11(10)15/h1-2,4,6,12H,3,5,7-9H2,(H,17,18). The summed E-state index contributed by atoms with van der Waals surface area (Å²) in [5, 5.41) is 9.20. The summed E-state index contributed by atoms with van der Waals surface area (Å²) in [7, 11) is 0. The van der Waals surface area contributed by atoms with Gasteiger partial charge >= 0.3 is 12.0 Å². The molecule has 2 aliphatic rings. The number of aryl methyl sites for hydroxylation is 1. The van der Waals surface area contributed by atoms with E-state index in [1.807, 2.05) is 24.3 Å². The van der Waals surface area contributed by atoms with Crippen molar-refractivity contribution in [2.75, 3.05) is 23.1 Å². The maximum absolute atomic E-state index is 12.7. The van der Waals surface area contributed by atoms with Gasteiger partial charge in [0.1, 0.15) is 6.04 Å². The molecule has 1 atom stereocenters. The Balaban J connectivity index is 1.87. The van der Waals surface area contributed by atoms with Crippen molar-refractivity contribution in [3.05, 3.63) is 29.8 Å². The van der Waals surface area contributed by atoms with E-state index in [0.717, 1.165) is 24.1 Å². The van der Waals surface area contributed by atoms with Crippen LogP contribution in [0.1, 0.15) is 12.0 Å². The Kier molecular flexibility index (Phi) is 3.56. The maximum atomic E-state index is 12.7. The molecule has 5 nitrogen and oxygen atoms in total. The highest BCUT2D eigenvalue weighted by molar-refractivity contribution is 7.99. The Labute approximate surface area is 121 Å². The Morgan fingerprint density at radius 1 is 1.30 bits per heavy atom. The average Bonchev–Trinajstić information content (AvgIpc) is 2.95. The molecule has 1 saturated heterocycles. The summed E-state index contributed by atoms with van der Waals surface area (Å²) in [6.07, 6.45) is 1.89. The van der Waals surface area contributed by atoms with Crippen LogP contribution in [0.15, 0.2) is 24.3 Å². The number of aliphatic carboxylic acids is 1. The molecule has 106 valence electrons. The maximum Gasteiger partial charge on any atom is 0.327 e. The van der Waals surface area contributed by atoms with Crippen molar-refractivity contribution in [3.63, 3.8) is 0 Å². The number of hydrogen-bond donors (Lipinski definition) is 1. The summed E-state index contributed by atoms with van der Waals surface area (Å²) in [5.74, 6) is -0.000897. The van der Waals surface area contributed by atoms with E-state index >= 15 is 0 Å². The fourth-order valence-electron chi connectivity index (χ4n) is 2.72. The highest BCUT2D eigenvalue weighted by atomic mass is 32.2. The first-order valence-electron chi connectivity index (χ1n) is 6.65. The molecule has 1 N–H and O–H groups in total. The number of anilines is 1. The fraction of sp³-hybridized carbons (Fsp3) is 0.429. The van der Waals surface area contributed by atoms with E-state index in [1.54, 1.807) is 4.90 Å². The molecule has 0 aromatic heterocycles.